The second-order valence-electron chi connectivity index (χ2n) is 7.07. The number of hydrogen-bond acceptors (Lipinski definition) is 3. The first-order chi connectivity index (χ1) is 14.6. The number of morpholine rings is 1. The predicted octanol–water partition coefficient (Wildman–Crippen LogP) is 4.76. The third-order valence-corrected chi connectivity index (χ3v) is 5.02. The summed E-state index contributed by atoms with van der Waals surface area (Å²) >= 11 is 0. The van der Waals surface area contributed by atoms with Gasteiger partial charge in [0.2, 0.25) is 0 Å². The molecule has 1 heterocycles. The maximum absolute atomic E-state index is 13.2. The highest BCUT2D eigenvalue weighted by molar-refractivity contribution is 5.97. The monoisotopic (exact) mass is 409 g/mol. The van der Waals surface area contributed by atoms with Crippen LogP contribution in [0.1, 0.15) is 27.6 Å². The van der Waals surface area contributed by atoms with Crippen molar-refractivity contribution in [3.05, 3.63) is 101 Å². The molecular formula is C24H21F2NO3. The van der Waals surface area contributed by atoms with Gasteiger partial charge in [0.15, 0.2) is 0 Å². The topological polar surface area (TPSA) is 38.8 Å². The van der Waals surface area contributed by atoms with Gasteiger partial charge in [-0.1, -0.05) is 36.4 Å². The van der Waals surface area contributed by atoms with E-state index in [2.05, 4.69) is 0 Å². The first kappa shape index (κ1) is 20.0. The Kier molecular flexibility index (Phi) is 6.05. The van der Waals surface area contributed by atoms with E-state index in [1.165, 1.54) is 24.3 Å². The van der Waals surface area contributed by atoms with E-state index in [-0.39, 0.29) is 30.3 Å². The zero-order valence-electron chi connectivity index (χ0n) is 16.3. The van der Waals surface area contributed by atoms with Crippen LogP contribution in [-0.4, -0.2) is 30.5 Å². The summed E-state index contributed by atoms with van der Waals surface area (Å²) in [7, 11) is 0. The van der Waals surface area contributed by atoms with Crippen LogP contribution in [0.15, 0.2) is 72.8 Å². The number of para-hydroxylation sites is 1. The fourth-order valence-corrected chi connectivity index (χ4v) is 3.39. The van der Waals surface area contributed by atoms with E-state index in [9.17, 15) is 13.6 Å². The highest BCUT2D eigenvalue weighted by Crippen LogP contribution is 2.26. The van der Waals surface area contributed by atoms with Gasteiger partial charge in [0.05, 0.1) is 18.7 Å². The van der Waals surface area contributed by atoms with Crippen LogP contribution in [0.4, 0.5) is 8.78 Å². The Morgan fingerprint density at radius 3 is 2.37 bits per heavy atom. The third kappa shape index (κ3) is 4.66. The van der Waals surface area contributed by atoms with E-state index >= 15 is 0 Å². The van der Waals surface area contributed by atoms with Gasteiger partial charge in [0.1, 0.15) is 30.1 Å². The van der Waals surface area contributed by atoms with Crippen LogP contribution in [0.25, 0.3) is 0 Å². The Labute approximate surface area is 173 Å². The van der Waals surface area contributed by atoms with Gasteiger partial charge in [-0.25, -0.2) is 8.78 Å². The normalized spacial score (nSPS) is 16.3. The highest BCUT2D eigenvalue weighted by atomic mass is 19.1. The molecule has 6 heteroatoms. The van der Waals surface area contributed by atoms with Gasteiger partial charge in [-0.2, -0.15) is 0 Å². The standard InChI is InChI=1S/C24H21F2NO3/c25-19-9-5-17(6-10-19)16-30-22-4-2-1-3-21(22)24(28)27-13-14-29-23(15-27)18-7-11-20(26)12-8-18/h1-12,23H,13-16H2. The van der Waals surface area contributed by atoms with Gasteiger partial charge in [0.25, 0.3) is 5.91 Å². The minimum absolute atomic E-state index is 0.153. The van der Waals surface area contributed by atoms with Crippen molar-refractivity contribution in [2.75, 3.05) is 19.7 Å². The van der Waals surface area contributed by atoms with E-state index in [1.807, 2.05) is 0 Å². The zero-order valence-corrected chi connectivity index (χ0v) is 16.3. The number of nitrogens with zero attached hydrogens (tertiary/aromatic N) is 1. The molecule has 0 N–H and O–H groups in total. The molecule has 1 atom stereocenters. The average Bonchev–Trinajstić information content (AvgIpc) is 2.79. The fourth-order valence-electron chi connectivity index (χ4n) is 3.39. The van der Waals surface area contributed by atoms with Crippen LogP contribution in [0.2, 0.25) is 0 Å². The molecule has 154 valence electrons. The third-order valence-electron chi connectivity index (χ3n) is 5.02. The molecular weight excluding hydrogens is 388 g/mol. The van der Waals surface area contributed by atoms with Crippen LogP contribution in [0.5, 0.6) is 5.75 Å². The number of benzene rings is 3. The molecule has 0 saturated carbocycles. The molecule has 0 aromatic heterocycles. The summed E-state index contributed by atoms with van der Waals surface area (Å²) in [6.45, 7) is 1.46. The van der Waals surface area contributed by atoms with Crippen molar-refractivity contribution in [3.63, 3.8) is 0 Å². The number of amides is 1. The summed E-state index contributed by atoms with van der Waals surface area (Å²) < 4.78 is 37.9. The molecule has 0 radical (unpaired) electrons. The number of carbonyl (C=O) groups excluding carboxylic acids is 1. The largest absolute Gasteiger partial charge is 0.488 e. The Hall–Kier alpha value is -3.25. The van der Waals surface area contributed by atoms with Crippen LogP contribution in [-0.2, 0) is 11.3 Å². The second-order valence-corrected chi connectivity index (χ2v) is 7.07. The second kappa shape index (κ2) is 9.05. The number of rotatable bonds is 5. The van der Waals surface area contributed by atoms with Gasteiger partial charge in [-0.05, 0) is 47.5 Å². The first-order valence-electron chi connectivity index (χ1n) is 9.73. The number of hydrogen-bond donors (Lipinski definition) is 0. The SMILES string of the molecule is O=C(c1ccccc1OCc1ccc(F)cc1)N1CCOC(c2ccc(F)cc2)C1. The lowest BCUT2D eigenvalue weighted by atomic mass is 10.1. The molecule has 1 unspecified atom stereocenters. The first-order valence-corrected chi connectivity index (χ1v) is 9.73. The van der Waals surface area contributed by atoms with Crippen molar-refractivity contribution < 1.29 is 23.0 Å². The Morgan fingerprint density at radius 2 is 1.63 bits per heavy atom. The highest BCUT2D eigenvalue weighted by Gasteiger charge is 2.27. The Balaban J connectivity index is 1.47. The van der Waals surface area contributed by atoms with Crippen molar-refractivity contribution in [3.8, 4) is 5.75 Å². The van der Waals surface area contributed by atoms with E-state index < -0.39 is 0 Å². The summed E-state index contributed by atoms with van der Waals surface area (Å²) in [6, 6.07) is 19.2. The van der Waals surface area contributed by atoms with Crippen LogP contribution >= 0.6 is 0 Å². The van der Waals surface area contributed by atoms with Gasteiger partial charge in [-0.15, -0.1) is 0 Å². The maximum atomic E-state index is 13.2. The molecule has 1 aliphatic heterocycles. The van der Waals surface area contributed by atoms with Crippen LogP contribution in [0.3, 0.4) is 0 Å². The van der Waals surface area contributed by atoms with Crippen molar-refractivity contribution >= 4 is 5.91 Å². The summed E-state index contributed by atoms with van der Waals surface area (Å²) in [6.07, 6.45) is -0.310. The smallest absolute Gasteiger partial charge is 0.257 e. The van der Waals surface area contributed by atoms with Gasteiger partial charge in [0, 0.05) is 6.54 Å². The van der Waals surface area contributed by atoms with Crippen molar-refractivity contribution in [1.82, 2.24) is 4.90 Å². The zero-order chi connectivity index (χ0) is 20.9. The molecule has 3 aromatic carbocycles. The summed E-state index contributed by atoms with van der Waals surface area (Å²) in [5.74, 6) is -0.302. The molecule has 4 rings (SSSR count). The summed E-state index contributed by atoms with van der Waals surface area (Å²) in [5, 5.41) is 0. The van der Waals surface area contributed by atoms with Gasteiger partial charge >= 0.3 is 0 Å². The van der Waals surface area contributed by atoms with Crippen LogP contribution in [0, 0.1) is 11.6 Å². The molecule has 1 fully saturated rings. The quantitative estimate of drug-likeness (QED) is 0.610. The molecule has 1 amide bonds. The number of ether oxygens (including phenoxy) is 2. The maximum Gasteiger partial charge on any atom is 0.257 e. The minimum atomic E-state index is -0.310. The average molecular weight is 409 g/mol. The van der Waals surface area contributed by atoms with Crippen molar-refractivity contribution in [1.29, 1.82) is 0 Å². The molecule has 1 aliphatic rings. The molecule has 4 nitrogen and oxygen atoms in total. The lowest BCUT2D eigenvalue weighted by Gasteiger charge is -2.33. The molecule has 1 saturated heterocycles. The van der Waals surface area contributed by atoms with Gasteiger partial charge in [-0.3, -0.25) is 4.79 Å². The Morgan fingerprint density at radius 1 is 0.967 bits per heavy atom. The van der Waals surface area contributed by atoms with Crippen molar-refractivity contribution in [2.45, 2.75) is 12.7 Å². The molecule has 0 spiro atoms. The summed E-state index contributed by atoms with van der Waals surface area (Å²) in [5.41, 5.74) is 2.09. The van der Waals surface area contributed by atoms with E-state index in [0.29, 0.717) is 31.0 Å². The van der Waals surface area contributed by atoms with E-state index in [4.69, 9.17) is 9.47 Å². The van der Waals surface area contributed by atoms with E-state index in [0.717, 1.165) is 11.1 Å². The molecule has 3 aromatic rings. The molecule has 0 aliphatic carbocycles. The molecule has 0 bridgehead atoms. The molecule has 30 heavy (non-hydrogen) atoms. The number of halogens is 2. The predicted molar refractivity (Wildman–Crippen MR) is 108 cm³/mol. The Bertz CT molecular complexity index is 1010. The van der Waals surface area contributed by atoms with E-state index in [1.54, 1.807) is 53.4 Å². The van der Waals surface area contributed by atoms with Gasteiger partial charge < -0.3 is 14.4 Å². The minimum Gasteiger partial charge on any atom is -0.488 e. The fraction of sp³-hybridized carbons (Fsp3) is 0.208. The van der Waals surface area contributed by atoms with Crippen molar-refractivity contribution in [2.24, 2.45) is 0 Å². The van der Waals surface area contributed by atoms with Crippen LogP contribution < -0.4 is 4.74 Å². The number of carbonyl (C=O) groups is 1. The lowest BCUT2D eigenvalue weighted by Crippen LogP contribution is -2.42. The lowest BCUT2D eigenvalue weighted by molar-refractivity contribution is -0.0229. The summed E-state index contributed by atoms with van der Waals surface area (Å²) in [4.78, 5) is 14.9.